The molecule has 1 unspecified atom stereocenters. The molecule has 0 saturated heterocycles. The van der Waals surface area contributed by atoms with Crippen LogP contribution < -0.4 is 4.74 Å². The molecule has 1 aliphatic heterocycles. The summed E-state index contributed by atoms with van der Waals surface area (Å²) in [5, 5.41) is 3.63. The zero-order valence-corrected chi connectivity index (χ0v) is 7.35. The Morgan fingerprint density at radius 3 is 3.21 bits per heavy atom. The van der Waals surface area contributed by atoms with Crippen molar-refractivity contribution in [1.29, 1.82) is 0 Å². The fourth-order valence-corrected chi connectivity index (χ4v) is 1.53. The van der Waals surface area contributed by atoms with Gasteiger partial charge in [0, 0.05) is 16.5 Å². The predicted molar refractivity (Wildman–Crippen MR) is 48.4 cm³/mol. The van der Waals surface area contributed by atoms with E-state index in [1.807, 2.05) is 0 Å². The zero-order chi connectivity index (χ0) is 9.97. The Labute approximate surface area is 79.9 Å². The van der Waals surface area contributed by atoms with Crippen LogP contribution in [-0.2, 0) is 0 Å². The average Bonchev–Trinajstić information content (AvgIpc) is 2.18. The first-order chi connectivity index (χ1) is 6.81. The fraction of sp³-hybridized carbons (Fsp3) is 0.333. The highest BCUT2D eigenvalue weighted by atomic mass is 19.1. The summed E-state index contributed by atoms with van der Waals surface area (Å²) in [6.45, 7) is 0.458. The van der Waals surface area contributed by atoms with E-state index >= 15 is 0 Å². The highest BCUT2D eigenvalue weighted by Gasteiger charge is 2.20. The molecule has 1 atom stereocenters. The third-order valence-corrected chi connectivity index (χ3v) is 2.17. The Kier molecular flexibility index (Phi) is 2.24. The van der Waals surface area contributed by atoms with Crippen LogP contribution in [0.25, 0.3) is 10.4 Å². The molecule has 1 heterocycles. The van der Waals surface area contributed by atoms with Crippen LogP contribution in [0.5, 0.6) is 5.75 Å². The maximum atomic E-state index is 12.8. The minimum Gasteiger partial charge on any atom is -0.493 e. The Morgan fingerprint density at radius 1 is 1.57 bits per heavy atom. The molecule has 72 valence electrons. The quantitative estimate of drug-likeness (QED) is 0.384. The van der Waals surface area contributed by atoms with Gasteiger partial charge in [0.1, 0.15) is 11.6 Å². The molecule has 4 nitrogen and oxygen atoms in total. The van der Waals surface area contributed by atoms with Crippen molar-refractivity contribution in [2.45, 2.75) is 12.5 Å². The van der Waals surface area contributed by atoms with Crippen molar-refractivity contribution >= 4 is 0 Å². The summed E-state index contributed by atoms with van der Waals surface area (Å²) in [6, 6.07) is 4.02. The van der Waals surface area contributed by atoms with Crippen molar-refractivity contribution in [3.63, 3.8) is 0 Å². The number of halogens is 1. The largest absolute Gasteiger partial charge is 0.493 e. The number of hydrogen-bond donors (Lipinski definition) is 0. The van der Waals surface area contributed by atoms with E-state index in [-0.39, 0.29) is 11.9 Å². The van der Waals surface area contributed by atoms with E-state index in [1.54, 1.807) is 6.07 Å². The Morgan fingerprint density at radius 2 is 2.43 bits per heavy atom. The molecular formula is C9H8FN3O. The smallest absolute Gasteiger partial charge is 0.126 e. The highest BCUT2D eigenvalue weighted by molar-refractivity contribution is 5.38. The van der Waals surface area contributed by atoms with Gasteiger partial charge in [0.25, 0.3) is 0 Å². The van der Waals surface area contributed by atoms with E-state index in [9.17, 15) is 4.39 Å². The Bertz CT molecular complexity index is 401. The molecule has 2 rings (SSSR count). The molecule has 0 N–H and O–H groups in total. The van der Waals surface area contributed by atoms with Crippen molar-refractivity contribution in [3.8, 4) is 5.75 Å². The average molecular weight is 193 g/mol. The number of hydrogen-bond acceptors (Lipinski definition) is 2. The SMILES string of the molecule is [N-]=[N+]=NC1CCOc2cc(F)ccc21. The van der Waals surface area contributed by atoms with Crippen LogP contribution >= 0.6 is 0 Å². The molecule has 0 radical (unpaired) electrons. The third kappa shape index (κ3) is 1.49. The summed E-state index contributed by atoms with van der Waals surface area (Å²) >= 11 is 0. The van der Waals surface area contributed by atoms with Gasteiger partial charge in [0.15, 0.2) is 0 Å². The van der Waals surface area contributed by atoms with Crippen LogP contribution in [0.1, 0.15) is 18.0 Å². The summed E-state index contributed by atoms with van der Waals surface area (Å²) in [5.74, 6) is 0.138. The van der Waals surface area contributed by atoms with Crippen LogP contribution in [-0.4, -0.2) is 6.61 Å². The number of fused-ring (bicyclic) bond motifs is 1. The van der Waals surface area contributed by atoms with E-state index in [1.165, 1.54) is 12.1 Å². The lowest BCUT2D eigenvalue weighted by Crippen LogP contribution is -2.12. The molecule has 5 heteroatoms. The van der Waals surface area contributed by atoms with Gasteiger partial charge in [-0.1, -0.05) is 11.2 Å². The maximum absolute atomic E-state index is 12.8. The minimum absolute atomic E-state index is 0.232. The molecular weight excluding hydrogens is 185 g/mol. The zero-order valence-electron chi connectivity index (χ0n) is 7.35. The molecule has 0 spiro atoms. The van der Waals surface area contributed by atoms with Gasteiger partial charge in [-0.3, -0.25) is 0 Å². The van der Waals surface area contributed by atoms with Gasteiger partial charge in [-0.25, -0.2) is 4.39 Å². The van der Waals surface area contributed by atoms with Gasteiger partial charge >= 0.3 is 0 Å². The number of azide groups is 1. The lowest BCUT2D eigenvalue weighted by atomic mass is 10.0. The van der Waals surface area contributed by atoms with E-state index in [0.29, 0.717) is 18.8 Å². The van der Waals surface area contributed by atoms with Crippen LogP contribution in [0, 0.1) is 5.82 Å². The first-order valence-electron chi connectivity index (χ1n) is 4.27. The number of nitrogens with zero attached hydrogens (tertiary/aromatic N) is 3. The number of ether oxygens (including phenoxy) is 1. The Hall–Kier alpha value is -1.74. The standard InChI is InChI=1S/C9H8FN3O/c10-6-1-2-7-8(12-13-11)3-4-14-9(7)5-6/h1-2,5,8H,3-4H2. The van der Waals surface area contributed by atoms with E-state index in [4.69, 9.17) is 10.3 Å². The first-order valence-corrected chi connectivity index (χ1v) is 4.27. The topological polar surface area (TPSA) is 58.0 Å². The molecule has 0 saturated carbocycles. The maximum Gasteiger partial charge on any atom is 0.126 e. The van der Waals surface area contributed by atoms with Crippen molar-refractivity contribution in [1.82, 2.24) is 0 Å². The minimum atomic E-state index is -0.342. The molecule has 0 fully saturated rings. The summed E-state index contributed by atoms with van der Waals surface area (Å²) in [5.41, 5.74) is 9.10. The van der Waals surface area contributed by atoms with Crippen molar-refractivity contribution in [3.05, 3.63) is 40.0 Å². The second-order valence-electron chi connectivity index (χ2n) is 3.04. The van der Waals surface area contributed by atoms with Crippen LogP contribution in [0.2, 0.25) is 0 Å². The van der Waals surface area contributed by atoms with Crippen molar-refractivity contribution in [2.75, 3.05) is 6.61 Å². The van der Waals surface area contributed by atoms with Crippen molar-refractivity contribution < 1.29 is 9.13 Å². The van der Waals surface area contributed by atoms with Crippen LogP contribution in [0.4, 0.5) is 4.39 Å². The fourth-order valence-electron chi connectivity index (χ4n) is 1.53. The second kappa shape index (κ2) is 3.55. The highest BCUT2D eigenvalue weighted by Crippen LogP contribution is 2.34. The van der Waals surface area contributed by atoms with Gasteiger partial charge < -0.3 is 4.74 Å². The van der Waals surface area contributed by atoms with Gasteiger partial charge in [-0.2, -0.15) is 0 Å². The van der Waals surface area contributed by atoms with Gasteiger partial charge in [-0.05, 0) is 18.0 Å². The van der Waals surface area contributed by atoms with E-state index in [2.05, 4.69) is 10.0 Å². The molecule has 14 heavy (non-hydrogen) atoms. The summed E-state index contributed by atoms with van der Waals surface area (Å²) in [4.78, 5) is 2.76. The first kappa shape index (κ1) is 8.84. The van der Waals surface area contributed by atoms with Crippen LogP contribution in [0.3, 0.4) is 0 Å². The van der Waals surface area contributed by atoms with Gasteiger partial charge in [0.2, 0.25) is 0 Å². The van der Waals surface area contributed by atoms with Crippen molar-refractivity contribution in [2.24, 2.45) is 5.11 Å². The molecule has 0 aromatic heterocycles. The normalized spacial score (nSPS) is 19.1. The third-order valence-electron chi connectivity index (χ3n) is 2.17. The van der Waals surface area contributed by atoms with Gasteiger partial charge in [0.05, 0.1) is 12.6 Å². The lowest BCUT2D eigenvalue weighted by Gasteiger charge is -2.22. The molecule has 0 amide bonds. The lowest BCUT2D eigenvalue weighted by molar-refractivity contribution is 0.267. The Balaban J connectivity index is 2.44. The molecule has 1 aromatic carbocycles. The molecule has 1 aliphatic rings. The molecule has 0 aliphatic carbocycles. The second-order valence-corrected chi connectivity index (χ2v) is 3.04. The summed E-state index contributed by atoms with van der Waals surface area (Å²) in [7, 11) is 0. The van der Waals surface area contributed by atoms with E-state index < -0.39 is 0 Å². The molecule has 1 aromatic rings. The van der Waals surface area contributed by atoms with Crippen LogP contribution in [0.15, 0.2) is 23.3 Å². The predicted octanol–water partition coefficient (Wildman–Crippen LogP) is 2.96. The monoisotopic (exact) mass is 193 g/mol. The number of rotatable bonds is 1. The number of benzene rings is 1. The molecule has 0 bridgehead atoms. The summed E-state index contributed by atoms with van der Waals surface area (Å²) < 4.78 is 18.1. The van der Waals surface area contributed by atoms with E-state index in [0.717, 1.165) is 5.56 Å². The summed E-state index contributed by atoms with van der Waals surface area (Å²) in [6.07, 6.45) is 0.642. The van der Waals surface area contributed by atoms with Gasteiger partial charge in [-0.15, -0.1) is 0 Å².